The smallest absolute Gasteiger partial charge is 0.129 e. The molecule has 0 N–H and O–H groups in total. The van der Waals surface area contributed by atoms with Gasteiger partial charge in [0.1, 0.15) is 11.6 Å². The summed E-state index contributed by atoms with van der Waals surface area (Å²) in [6, 6.07) is 3.94. The van der Waals surface area contributed by atoms with Crippen molar-refractivity contribution in [2.24, 2.45) is 17.8 Å². The summed E-state index contributed by atoms with van der Waals surface area (Å²) in [5, 5.41) is 0. The second-order valence-electron chi connectivity index (χ2n) is 6.83. The van der Waals surface area contributed by atoms with Crippen LogP contribution in [0.1, 0.15) is 50.5 Å². The molecule has 2 aliphatic rings. The summed E-state index contributed by atoms with van der Waals surface area (Å²) in [5.74, 6) is 1.55. The lowest BCUT2D eigenvalue weighted by molar-refractivity contribution is 0.129. The third-order valence-corrected chi connectivity index (χ3v) is 6.59. The van der Waals surface area contributed by atoms with Crippen LogP contribution in [0.4, 0.5) is 8.78 Å². The highest BCUT2D eigenvalue weighted by Gasteiger charge is 2.34. The van der Waals surface area contributed by atoms with Gasteiger partial charge in [0, 0.05) is 10.9 Å². The van der Waals surface area contributed by atoms with Crippen molar-refractivity contribution in [3.8, 4) is 0 Å². The highest BCUT2D eigenvalue weighted by atomic mass is 79.9. The van der Waals surface area contributed by atoms with Gasteiger partial charge in [-0.25, -0.2) is 8.78 Å². The number of fused-ring (bicyclic) bond motifs is 1. The first-order valence-corrected chi connectivity index (χ1v) is 9.13. The molecule has 0 bridgehead atoms. The maximum Gasteiger partial charge on any atom is 0.129 e. The lowest BCUT2D eigenvalue weighted by atomic mass is 9.66. The van der Waals surface area contributed by atoms with E-state index in [2.05, 4.69) is 15.9 Å². The summed E-state index contributed by atoms with van der Waals surface area (Å²) < 4.78 is 26.8. The minimum absolute atomic E-state index is 0.306. The molecule has 0 heterocycles. The molecule has 0 nitrogen and oxygen atoms in total. The van der Waals surface area contributed by atoms with Gasteiger partial charge in [-0.05, 0) is 55.1 Å². The first-order chi connectivity index (χ1) is 10.1. The van der Waals surface area contributed by atoms with Crippen molar-refractivity contribution in [3.63, 3.8) is 0 Å². The molecule has 2 saturated carbocycles. The quantitative estimate of drug-likeness (QED) is 0.593. The van der Waals surface area contributed by atoms with E-state index < -0.39 is 11.6 Å². The van der Waals surface area contributed by atoms with Crippen molar-refractivity contribution >= 4 is 15.9 Å². The summed E-state index contributed by atoms with van der Waals surface area (Å²) in [5.41, 5.74) is 0.629. The summed E-state index contributed by atoms with van der Waals surface area (Å²) in [6.07, 6.45) is 10.1. The van der Waals surface area contributed by atoms with Crippen LogP contribution < -0.4 is 0 Å². The van der Waals surface area contributed by atoms with Gasteiger partial charge >= 0.3 is 0 Å². The van der Waals surface area contributed by atoms with Crippen LogP contribution in [0.2, 0.25) is 0 Å². The van der Waals surface area contributed by atoms with Gasteiger partial charge in [0.25, 0.3) is 0 Å². The maximum absolute atomic E-state index is 13.8. The molecule has 0 aromatic heterocycles. The SMILES string of the molecule is Fc1ccc(CC(Br)C2CCC3CCCCC3C2)c(F)c1. The van der Waals surface area contributed by atoms with E-state index in [0.717, 1.165) is 17.9 Å². The third-order valence-electron chi connectivity index (χ3n) is 5.52. The van der Waals surface area contributed by atoms with E-state index in [0.29, 0.717) is 22.7 Å². The molecule has 116 valence electrons. The normalized spacial score (nSPS) is 30.7. The van der Waals surface area contributed by atoms with E-state index in [-0.39, 0.29) is 0 Å². The van der Waals surface area contributed by atoms with Gasteiger partial charge in [-0.15, -0.1) is 0 Å². The zero-order chi connectivity index (χ0) is 14.8. The van der Waals surface area contributed by atoms with Gasteiger partial charge in [-0.1, -0.05) is 47.7 Å². The summed E-state index contributed by atoms with van der Waals surface area (Å²) in [4.78, 5) is 0.306. The molecule has 0 aliphatic heterocycles. The molecule has 2 fully saturated rings. The Hall–Kier alpha value is -0.440. The molecule has 0 spiro atoms. The minimum Gasteiger partial charge on any atom is -0.207 e. The van der Waals surface area contributed by atoms with Crippen molar-refractivity contribution in [1.82, 2.24) is 0 Å². The highest BCUT2D eigenvalue weighted by molar-refractivity contribution is 9.09. The Morgan fingerprint density at radius 1 is 1.05 bits per heavy atom. The van der Waals surface area contributed by atoms with Crippen molar-refractivity contribution in [2.75, 3.05) is 0 Å². The number of hydrogen-bond donors (Lipinski definition) is 0. The standard InChI is InChI=1S/C18H23BrF2/c19-17(10-15-7-8-16(20)11-18(15)21)14-6-5-12-3-1-2-4-13(12)9-14/h7-8,11-14,17H,1-6,9-10H2. The van der Waals surface area contributed by atoms with Crippen LogP contribution in [0.3, 0.4) is 0 Å². The van der Waals surface area contributed by atoms with E-state index >= 15 is 0 Å². The molecule has 1 aromatic carbocycles. The Balaban J connectivity index is 1.61. The average Bonchev–Trinajstić information content (AvgIpc) is 2.49. The number of hydrogen-bond acceptors (Lipinski definition) is 0. The summed E-state index contributed by atoms with van der Waals surface area (Å²) >= 11 is 3.78. The van der Waals surface area contributed by atoms with Gasteiger partial charge in [-0.3, -0.25) is 0 Å². The molecular formula is C18H23BrF2. The van der Waals surface area contributed by atoms with Gasteiger partial charge in [-0.2, -0.15) is 0 Å². The van der Waals surface area contributed by atoms with Crippen molar-refractivity contribution < 1.29 is 8.78 Å². The van der Waals surface area contributed by atoms with Crippen LogP contribution >= 0.6 is 15.9 Å². The number of alkyl halides is 1. The fraction of sp³-hybridized carbons (Fsp3) is 0.667. The Morgan fingerprint density at radius 3 is 2.57 bits per heavy atom. The van der Waals surface area contributed by atoms with Crippen LogP contribution in [-0.4, -0.2) is 4.83 Å². The predicted octanol–water partition coefficient (Wildman–Crippen LogP) is 5.88. The van der Waals surface area contributed by atoms with E-state index in [1.807, 2.05) is 0 Å². The Bertz CT molecular complexity index is 488. The summed E-state index contributed by atoms with van der Waals surface area (Å²) in [7, 11) is 0. The Labute approximate surface area is 134 Å². The monoisotopic (exact) mass is 356 g/mol. The van der Waals surface area contributed by atoms with Gasteiger partial charge < -0.3 is 0 Å². The number of halogens is 3. The lowest BCUT2D eigenvalue weighted by Crippen LogP contribution is -2.32. The molecule has 3 rings (SSSR count). The van der Waals surface area contributed by atoms with Crippen LogP contribution in [0.15, 0.2) is 18.2 Å². The Morgan fingerprint density at radius 2 is 1.81 bits per heavy atom. The lowest BCUT2D eigenvalue weighted by Gasteiger charge is -2.41. The predicted molar refractivity (Wildman–Crippen MR) is 85.6 cm³/mol. The van der Waals surface area contributed by atoms with Gasteiger partial charge in [0.2, 0.25) is 0 Å². The van der Waals surface area contributed by atoms with E-state index in [9.17, 15) is 8.78 Å². The molecule has 0 amide bonds. The molecule has 4 unspecified atom stereocenters. The Kier molecular flexibility index (Phi) is 4.98. The second kappa shape index (κ2) is 6.76. The molecule has 0 radical (unpaired) electrons. The zero-order valence-electron chi connectivity index (χ0n) is 12.3. The largest absolute Gasteiger partial charge is 0.207 e. The average molecular weight is 357 g/mol. The number of rotatable bonds is 3. The zero-order valence-corrected chi connectivity index (χ0v) is 13.9. The molecule has 21 heavy (non-hydrogen) atoms. The third kappa shape index (κ3) is 3.67. The van der Waals surface area contributed by atoms with Crippen molar-refractivity contribution in [1.29, 1.82) is 0 Å². The molecule has 1 aromatic rings. The fourth-order valence-electron chi connectivity index (χ4n) is 4.30. The fourth-order valence-corrected chi connectivity index (χ4v) is 5.13. The second-order valence-corrected chi connectivity index (χ2v) is 8.01. The highest BCUT2D eigenvalue weighted by Crippen LogP contribution is 2.45. The van der Waals surface area contributed by atoms with Crippen molar-refractivity contribution in [2.45, 2.75) is 56.2 Å². The van der Waals surface area contributed by atoms with Gasteiger partial charge in [0.15, 0.2) is 0 Å². The van der Waals surface area contributed by atoms with E-state index in [1.54, 1.807) is 6.07 Å². The van der Waals surface area contributed by atoms with Gasteiger partial charge in [0.05, 0.1) is 0 Å². The maximum atomic E-state index is 13.8. The van der Waals surface area contributed by atoms with Crippen LogP contribution in [0, 0.1) is 29.4 Å². The molecular weight excluding hydrogens is 334 g/mol. The van der Waals surface area contributed by atoms with Crippen LogP contribution in [0.5, 0.6) is 0 Å². The first-order valence-electron chi connectivity index (χ1n) is 8.21. The van der Waals surface area contributed by atoms with Crippen LogP contribution in [0.25, 0.3) is 0 Å². The van der Waals surface area contributed by atoms with Crippen molar-refractivity contribution in [3.05, 3.63) is 35.4 Å². The minimum atomic E-state index is -0.495. The molecule has 0 saturated heterocycles. The topological polar surface area (TPSA) is 0 Å². The van der Waals surface area contributed by atoms with E-state index in [1.165, 1.54) is 51.0 Å². The summed E-state index contributed by atoms with van der Waals surface area (Å²) in [6.45, 7) is 0. The molecule has 3 heteroatoms. The molecule has 4 atom stereocenters. The number of benzene rings is 1. The van der Waals surface area contributed by atoms with E-state index in [4.69, 9.17) is 0 Å². The van der Waals surface area contributed by atoms with Crippen LogP contribution in [-0.2, 0) is 6.42 Å². The molecule has 2 aliphatic carbocycles. The first kappa shape index (κ1) is 15.5.